The Bertz CT molecular complexity index is 686. The summed E-state index contributed by atoms with van der Waals surface area (Å²) in [4.78, 5) is 14.5. The first-order valence-electron chi connectivity index (χ1n) is 5.75. The Kier molecular flexibility index (Phi) is 2.59. The second kappa shape index (κ2) is 4.13. The van der Waals surface area contributed by atoms with Gasteiger partial charge in [0, 0.05) is 11.1 Å². The highest BCUT2D eigenvalue weighted by Crippen LogP contribution is 2.25. The molecule has 0 radical (unpaired) electrons. The Labute approximate surface area is 109 Å². The molecule has 0 aromatic carbocycles. The number of hydrogen-bond acceptors (Lipinski definition) is 5. The summed E-state index contributed by atoms with van der Waals surface area (Å²) in [5.41, 5.74) is 2.69. The van der Waals surface area contributed by atoms with Gasteiger partial charge < -0.3 is 4.57 Å². The Hall–Kier alpha value is -1.82. The van der Waals surface area contributed by atoms with Gasteiger partial charge in [-0.2, -0.15) is 0 Å². The summed E-state index contributed by atoms with van der Waals surface area (Å²) in [5.74, 6) is 0.776. The molecule has 5 nitrogen and oxygen atoms in total. The number of aromatic nitrogens is 5. The van der Waals surface area contributed by atoms with Gasteiger partial charge >= 0.3 is 0 Å². The van der Waals surface area contributed by atoms with E-state index in [0.29, 0.717) is 0 Å². The molecule has 0 saturated carbocycles. The molecule has 3 aromatic rings. The quantitative estimate of drug-likeness (QED) is 0.709. The predicted molar refractivity (Wildman–Crippen MR) is 70.7 cm³/mol. The summed E-state index contributed by atoms with van der Waals surface area (Å²) in [7, 11) is 0. The molecule has 1 unspecified atom stereocenters. The van der Waals surface area contributed by atoms with Crippen LogP contribution in [0.25, 0.3) is 11.2 Å². The van der Waals surface area contributed by atoms with Gasteiger partial charge in [0.05, 0.1) is 18.1 Å². The van der Waals surface area contributed by atoms with E-state index in [4.69, 9.17) is 0 Å². The first-order valence-corrected chi connectivity index (χ1v) is 6.52. The van der Waals surface area contributed by atoms with Crippen molar-refractivity contribution in [2.75, 3.05) is 0 Å². The van der Waals surface area contributed by atoms with Gasteiger partial charge in [-0.25, -0.2) is 19.3 Å². The highest BCUT2D eigenvalue weighted by atomic mass is 32.1. The summed E-state index contributed by atoms with van der Waals surface area (Å²) in [5, 5.41) is 0. The van der Waals surface area contributed by atoms with Gasteiger partial charge in [0.2, 0.25) is 0 Å². The van der Waals surface area contributed by atoms with Crippen LogP contribution in [0.3, 0.4) is 0 Å². The molecule has 0 aliphatic carbocycles. The molecule has 0 aliphatic heterocycles. The van der Waals surface area contributed by atoms with Crippen LogP contribution in [0.15, 0.2) is 18.6 Å². The fourth-order valence-corrected chi connectivity index (χ4v) is 2.69. The molecule has 92 valence electrons. The zero-order chi connectivity index (χ0) is 12.7. The summed E-state index contributed by atoms with van der Waals surface area (Å²) < 4.78 is 6.22. The number of aryl methyl sites for hydroxylation is 2. The summed E-state index contributed by atoms with van der Waals surface area (Å²) in [6.07, 6.45) is 3.65. The molecule has 3 aromatic heterocycles. The van der Waals surface area contributed by atoms with E-state index in [1.165, 1.54) is 16.4 Å². The lowest BCUT2D eigenvalue weighted by Crippen LogP contribution is -2.05. The van der Waals surface area contributed by atoms with E-state index >= 15 is 0 Å². The molecule has 0 N–H and O–H groups in total. The lowest BCUT2D eigenvalue weighted by Gasteiger charge is -2.11. The number of nitrogens with zero attached hydrogens (tertiary/aromatic N) is 5. The normalized spacial score (nSPS) is 13.1. The fourth-order valence-electron chi connectivity index (χ4n) is 2.06. The Morgan fingerprint density at radius 3 is 2.83 bits per heavy atom. The third kappa shape index (κ3) is 1.69. The molecule has 3 heterocycles. The van der Waals surface area contributed by atoms with Crippen molar-refractivity contribution in [2.45, 2.75) is 26.8 Å². The van der Waals surface area contributed by atoms with Crippen molar-refractivity contribution in [3.8, 4) is 0 Å². The Balaban J connectivity index is 2.18. The minimum absolute atomic E-state index is 0.191. The number of fused-ring (bicyclic) bond motifs is 1. The zero-order valence-corrected chi connectivity index (χ0v) is 11.3. The summed E-state index contributed by atoms with van der Waals surface area (Å²) in [6, 6.07) is 2.22. The molecule has 18 heavy (non-hydrogen) atoms. The van der Waals surface area contributed by atoms with Crippen LogP contribution in [0.1, 0.15) is 29.4 Å². The van der Waals surface area contributed by atoms with Gasteiger partial charge in [0.15, 0.2) is 5.65 Å². The maximum absolute atomic E-state index is 4.50. The topological polar surface area (TPSA) is 56.5 Å². The third-order valence-corrected chi connectivity index (χ3v) is 3.91. The van der Waals surface area contributed by atoms with Crippen molar-refractivity contribution in [1.29, 1.82) is 0 Å². The lowest BCUT2D eigenvalue weighted by molar-refractivity contribution is 0.662. The van der Waals surface area contributed by atoms with Crippen LogP contribution in [0, 0.1) is 13.8 Å². The van der Waals surface area contributed by atoms with Gasteiger partial charge in [-0.15, -0.1) is 0 Å². The van der Waals surface area contributed by atoms with Crippen LogP contribution < -0.4 is 0 Å². The molecule has 1 atom stereocenters. The van der Waals surface area contributed by atoms with Gasteiger partial charge in [0.1, 0.15) is 11.3 Å². The van der Waals surface area contributed by atoms with Crippen molar-refractivity contribution in [1.82, 2.24) is 23.9 Å². The van der Waals surface area contributed by atoms with Crippen molar-refractivity contribution in [2.24, 2.45) is 0 Å². The van der Waals surface area contributed by atoms with E-state index in [-0.39, 0.29) is 6.04 Å². The summed E-state index contributed by atoms with van der Waals surface area (Å²) >= 11 is 1.50. The Morgan fingerprint density at radius 2 is 2.11 bits per heavy atom. The summed E-state index contributed by atoms with van der Waals surface area (Å²) in [6.45, 7) is 5.99. The Morgan fingerprint density at radius 1 is 1.28 bits per heavy atom. The van der Waals surface area contributed by atoms with Crippen LogP contribution in [0.5, 0.6) is 0 Å². The first-order chi connectivity index (χ1) is 8.66. The number of rotatable bonds is 2. The molecule has 0 fully saturated rings. The minimum Gasteiger partial charge on any atom is -0.307 e. The second-order valence-corrected chi connectivity index (χ2v) is 5.14. The van der Waals surface area contributed by atoms with Crippen LogP contribution >= 0.6 is 11.5 Å². The molecule has 0 bridgehead atoms. The lowest BCUT2D eigenvalue weighted by atomic mass is 10.3. The van der Waals surface area contributed by atoms with Crippen molar-refractivity contribution >= 4 is 22.7 Å². The SMILES string of the molecule is Cc1nc(C)c2ncn(C(C)c3ccns3)c2n1. The largest absolute Gasteiger partial charge is 0.307 e. The van der Waals surface area contributed by atoms with Gasteiger partial charge in [-0.3, -0.25) is 0 Å². The number of imidazole rings is 1. The molecule has 0 aliphatic rings. The van der Waals surface area contributed by atoms with Crippen LogP contribution in [0.4, 0.5) is 0 Å². The highest BCUT2D eigenvalue weighted by Gasteiger charge is 2.15. The minimum atomic E-state index is 0.191. The van der Waals surface area contributed by atoms with Crippen LogP contribution in [0.2, 0.25) is 0 Å². The van der Waals surface area contributed by atoms with Crippen molar-refractivity contribution < 1.29 is 0 Å². The molecule has 0 saturated heterocycles. The maximum Gasteiger partial charge on any atom is 0.164 e. The van der Waals surface area contributed by atoms with E-state index in [9.17, 15) is 0 Å². The van der Waals surface area contributed by atoms with E-state index in [1.54, 1.807) is 0 Å². The van der Waals surface area contributed by atoms with E-state index < -0.39 is 0 Å². The third-order valence-electron chi connectivity index (χ3n) is 2.99. The second-order valence-electron chi connectivity index (χ2n) is 4.27. The highest BCUT2D eigenvalue weighted by molar-refractivity contribution is 7.05. The molecule has 0 spiro atoms. The molecule has 0 amide bonds. The first kappa shape index (κ1) is 11.3. The van der Waals surface area contributed by atoms with Gasteiger partial charge in [0.25, 0.3) is 0 Å². The molecular weight excluding hydrogens is 246 g/mol. The average molecular weight is 259 g/mol. The van der Waals surface area contributed by atoms with E-state index in [2.05, 4.69) is 30.8 Å². The van der Waals surface area contributed by atoms with Gasteiger partial charge in [-0.05, 0) is 38.4 Å². The molecule has 3 rings (SSSR count). The average Bonchev–Trinajstić information content (AvgIpc) is 2.96. The molecular formula is C12H13N5S. The standard InChI is InChI=1S/C12H13N5S/c1-7-11-12(16-9(3)15-7)17(6-13-11)8(2)10-4-5-14-18-10/h4-6,8H,1-3H3. The van der Waals surface area contributed by atoms with Crippen LogP contribution in [-0.2, 0) is 0 Å². The fraction of sp³-hybridized carbons (Fsp3) is 0.333. The van der Waals surface area contributed by atoms with Gasteiger partial charge in [-0.1, -0.05) is 0 Å². The van der Waals surface area contributed by atoms with Crippen molar-refractivity contribution in [3.05, 3.63) is 35.0 Å². The van der Waals surface area contributed by atoms with E-state index in [1.807, 2.05) is 32.4 Å². The number of hydrogen-bond donors (Lipinski definition) is 0. The maximum atomic E-state index is 4.50. The molecule has 6 heteroatoms. The van der Waals surface area contributed by atoms with Crippen LogP contribution in [-0.4, -0.2) is 23.9 Å². The zero-order valence-electron chi connectivity index (χ0n) is 10.5. The van der Waals surface area contributed by atoms with E-state index in [0.717, 1.165) is 22.7 Å². The predicted octanol–water partition coefficient (Wildman–Crippen LogP) is 2.51. The van der Waals surface area contributed by atoms with Crippen molar-refractivity contribution in [3.63, 3.8) is 0 Å². The smallest absolute Gasteiger partial charge is 0.164 e. The monoisotopic (exact) mass is 259 g/mol.